The molecule has 1 aliphatic heterocycles. The molecule has 0 spiro atoms. The zero-order chi connectivity index (χ0) is 18.5. The van der Waals surface area contributed by atoms with Crippen LogP contribution in [0.3, 0.4) is 0 Å². The van der Waals surface area contributed by atoms with E-state index in [-0.39, 0.29) is 5.54 Å². The molecule has 0 bridgehead atoms. The smallest absolute Gasteiger partial charge is 0.274 e. The first-order valence-electron chi connectivity index (χ1n) is 8.63. The molecule has 0 radical (unpaired) electrons. The molecule has 1 aromatic heterocycles. The molecule has 5 heteroatoms. The van der Waals surface area contributed by atoms with Crippen molar-refractivity contribution in [2.45, 2.75) is 32.9 Å². The van der Waals surface area contributed by atoms with Crippen molar-refractivity contribution < 1.29 is 10.0 Å². The molecule has 0 atom stereocenters. The number of anilines is 1. The minimum atomic E-state index is -0.485. The van der Waals surface area contributed by atoms with Crippen LogP contribution >= 0.6 is 0 Å². The summed E-state index contributed by atoms with van der Waals surface area (Å²) in [5.41, 5.74) is 6.07. The third-order valence-electron chi connectivity index (χ3n) is 5.28. The largest absolute Gasteiger partial charge is 0.343 e. The first kappa shape index (κ1) is 16.5. The number of carbonyl (C=O) groups excluding carboxylic acids is 1. The number of hydroxylamine groups is 1. The molecule has 3 aromatic rings. The molecule has 4 rings (SSSR count). The summed E-state index contributed by atoms with van der Waals surface area (Å²) in [6, 6.07) is 16.0. The maximum absolute atomic E-state index is 12.0. The van der Waals surface area contributed by atoms with E-state index in [2.05, 4.69) is 49.9 Å². The van der Waals surface area contributed by atoms with Gasteiger partial charge in [0.2, 0.25) is 0 Å². The van der Waals surface area contributed by atoms with Crippen molar-refractivity contribution in [3.05, 3.63) is 70.8 Å². The molecule has 1 aliphatic rings. The van der Waals surface area contributed by atoms with E-state index >= 15 is 0 Å². The van der Waals surface area contributed by atoms with Crippen molar-refractivity contribution >= 4 is 22.6 Å². The van der Waals surface area contributed by atoms with E-state index in [0.717, 1.165) is 27.8 Å². The van der Waals surface area contributed by atoms with E-state index in [4.69, 9.17) is 10.2 Å². The lowest BCUT2D eigenvalue weighted by atomic mass is 9.91. The van der Waals surface area contributed by atoms with Crippen LogP contribution in [0.25, 0.3) is 10.9 Å². The second-order valence-electron chi connectivity index (χ2n) is 7.28. The maximum atomic E-state index is 12.0. The minimum Gasteiger partial charge on any atom is -0.343 e. The monoisotopic (exact) mass is 347 g/mol. The van der Waals surface area contributed by atoms with E-state index in [0.29, 0.717) is 12.1 Å². The van der Waals surface area contributed by atoms with Gasteiger partial charge in [-0.15, -0.1) is 0 Å². The molecule has 0 unspecified atom stereocenters. The number of nitrogens with one attached hydrogen (secondary N) is 1. The average Bonchev–Trinajstić information content (AvgIpc) is 2.91. The Balaban J connectivity index is 1.82. The average molecular weight is 347 g/mol. The number of carbonyl (C=O) groups is 1. The first-order chi connectivity index (χ1) is 12.4. The van der Waals surface area contributed by atoms with Crippen LogP contribution in [0.2, 0.25) is 0 Å². The summed E-state index contributed by atoms with van der Waals surface area (Å²) in [7, 11) is 0. The highest BCUT2D eigenvalue weighted by Crippen LogP contribution is 2.42. The molecule has 1 amide bonds. The summed E-state index contributed by atoms with van der Waals surface area (Å²) in [6.45, 7) is 6.88. The lowest BCUT2D eigenvalue weighted by Crippen LogP contribution is -2.35. The van der Waals surface area contributed by atoms with Crippen LogP contribution in [0.4, 0.5) is 5.82 Å². The summed E-state index contributed by atoms with van der Waals surface area (Å²) in [6.07, 6.45) is 0. The van der Waals surface area contributed by atoms with Gasteiger partial charge in [0.05, 0.1) is 11.1 Å². The lowest BCUT2D eigenvalue weighted by molar-refractivity contribution is 0.0705. The zero-order valence-electron chi connectivity index (χ0n) is 15.1. The van der Waals surface area contributed by atoms with Gasteiger partial charge < -0.3 is 4.90 Å². The van der Waals surface area contributed by atoms with Crippen LogP contribution < -0.4 is 10.4 Å². The highest BCUT2D eigenvalue weighted by Gasteiger charge is 2.39. The molecule has 2 aromatic carbocycles. The third-order valence-corrected chi connectivity index (χ3v) is 5.28. The Morgan fingerprint density at radius 3 is 2.73 bits per heavy atom. The van der Waals surface area contributed by atoms with Crippen LogP contribution in [-0.2, 0) is 12.1 Å². The number of hydrogen-bond donors (Lipinski definition) is 2. The number of amides is 1. The van der Waals surface area contributed by atoms with Crippen molar-refractivity contribution in [1.29, 1.82) is 0 Å². The predicted molar refractivity (Wildman–Crippen MR) is 101 cm³/mol. The maximum Gasteiger partial charge on any atom is 0.274 e. The van der Waals surface area contributed by atoms with E-state index in [1.54, 1.807) is 11.5 Å². The normalized spacial score (nSPS) is 15.2. The molecule has 2 N–H and O–H groups in total. The highest BCUT2D eigenvalue weighted by molar-refractivity contribution is 5.96. The molecule has 0 fully saturated rings. The van der Waals surface area contributed by atoms with E-state index in [1.165, 1.54) is 5.56 Å². The number of pyridine rings is 1. The van der Waals surface area contributed by atoms with Gasteiger partial charge in [0, 0.05) is 17.5 Å². The number of nitrogens with zero attached hydrogens (tertiary/aromatic N) is 2. The Kier molecular flexibility index (Phi) is 3.70. The van der Waals surface area contributed by atoms with Gasteiger partial charge in [-0.1, -0.05) is 24.3 Å². The lowest BCUT2D eigenvalue weighted by Gasteiger charge is -2.33. The number of hydrogen-bond acceptors (Lipinski definition) is 4. The molecule has 0 saturated carbocycles. The minimum absolute atomic E-state index is 0.314. The fraction of sp³-hybridized carbons (Fsp3) is 0.238. The molecule has 2 heterocycles. The summed E-state index contributed by atoms with van der Waals surface area (Å²) in [5, 5.41) is 10.2. The van der Waals surface area contributed by atoms with Gasteiger partial charge in [-0.05, 0) is 61.7 Å². The molecular formula is C21H21N3O2. The van der Waals surface area contributed by atoms with E-state index in [9.17, 15) is 4.79 Å². The summed E-state index contributed by atoms with van der Waals surface area (Å²) in [5.74, 6) is 0.390. The Labute approximate surface area is 152 Å². The van der Waals surface area contributed by atoms with Crippen molar-refractivity contribution in [1.82, 2.24) is 10.5 Å². The number of aryl methyl sites for hydroxylation is 1. The first-order valence-corrected chi connectivity index (χ1v) is 8.63. The van der Waals surface area contributed by atoms with E-state index in [1.807, 2.05) is 18.2 Å². The Hall–Kier alpha value is -2.92. The molecule has 0 saturated heterocycles. The van der Waals surface area contributed by atoms with Crippen LogP contribution in [-0.4, -0.2) is 16.1 Å². The third kappa shape index (κ3) is 2.44. The van der Waals surface area contributed by atoms with Crippen LogP contribution in [0, 0.1) is 6.92 Å². The number of benzene rings is 2. The fourth-order valence-corrected chi connectivity index (χ4v) is 3.84. The van der Waals surface area contributed by atoms with Crippen molar-refractivity contribution in [3.8, 4) is 0 Å². The van der Waals surface area contributed by atoms with Gasteiger partial charge in [0.1, 0.15) is 5.82 Å². The van der Waals surface area contributed by atoms with Crippen LogP contribution in [0.15, 0.2) is 48.5 Å². The fourth-order valence-electron chi connectivity index (χ4n) is 3.84. The zero-order valence-corrected chi connectivity index (χ0v) is 15.1. The molecular weight excluding hydrogens is 326 g/mol. The second-order valence-corrected chi connectivity index (χ2v) is 7.28. The SMILES string of the molecule is Cc1ccc2ccc(N3Cc4c(C(=O)NO)cccc4C3(C)C)nc2c1. The Morgan fingerprint density at radius 1 is 1.19 bits per heavy atom. The van der Waals surface area contributed by atoms with Gasteiger partial charge in [-0.2, -0.15) is 0 Å². The Bertz CT molecular complexity index is 1030. The highest BCUT2D eigenvalue weighted by atomic mass is 16.5. The predicted octanol–water partition coefficient (Wildman–Crippen LogP) is 3.92. The summed E-state index contributed by atoms with van der Waals surface area (Å²) < 4.78 is 0. The van der Waals surface area contributed by atoms with Gasteiger partial charge >= 0.3 is 0 Å². The molecule has 26 heavy (non-hydrogen) atoms. The number of rotatable bonds is 2. The van der Waals surface area contributed by atoms with Gasteiger partial charge in [-0.25, -0.2) is 10.5 Å². The topological polar surface area (TPSA) is 65.5 Å². The Morgan fingerprint density at radius 2 is 1.96 bits per heavy atom. The van der Waals surface area contributed by atoms with Crippen molar-refractivity contribution in [3.63, 3.8) is 0 Å². The van der Waals surface area contributed by atoms with Gasteiger partial charge in [0.25, 0.3) is 5.91 Å². The van der Waals surface area contributed by atoms with Gasteiger partial charge in [-0.3, -0.25) is 10.0 Å². The summed E-state index contributed by atoms with van der Waals surface area (Å²) >= 11 is 0. The van der Waals surface area contributed by atoms with Crippen LogP contribution in [0.1, 0.15) is 40.9 Å². The second kappa shape index (κ2) is 5.81. The van der Waals surface area contributed by atoms with Crippen molar-refractivity contribution in [2.24, 2.45) is 0 Å². The van der Waals surface area contributed by atoms with Gasteiger partial charge in [0.15, 0.2) is 0 Å². The molecule has 132 valence electrons. The quantitative estimate of drug-likeness (QED) is 0.545. The summed E-state index contributed by atoms with van der Waals surface area (Å²) in [4.78, 5) is 19.1. The standard InChI is InChI=1S/C21H21N3O2/c1-13-7-8-14-9-10-19(22-18(14)11-13)24-12-16-15(20(25)23-26)5-4-6-17(16)21(24,2)3/h4-11,26H,12H2,1-3H3,(H,23,25). The molecule has 0 aliphatic carbocycles. The number of aromatic nitrogens is 1. The number of fused-ring (bicyclic) bond motifs is 2. The van der Waals surface area contributed by atoms with Crippen LogP contribution in [0.5, 0.6) is 0 Å². The van der Waals surface area contributed by atoms with Crippen molar-refractivity contribution in [2.75, 3.05) is 4.90 Å². The van der Waals surface area contributed by atoms with E-state index < -0.39 is 5.91 Å². The molecule has 5 nitrogen and oxygen atoms in total.